The average molecular weight is 437 g/mol. The number of carbonyl (C=O) groups is 2. The van der Waals surface area contributed by atoms with Gasteiger partial charge in [0.15, 0.2) is 5.84 Å². The third kappa shape index (κ3) is 4.31. The molecular weight excluding hydrogens is 422 g/mol. The standard InChI is InChI=1S/C20H15N5O5S/c21-19(28)16-7-12-3-10(1-2-15(12)23-16)11-4-13(6-14(5-11)25(29)30)20-22-8-17(24-20)31-9-18(26)27/h1-7,23H,8-9H2,(H2,21,28)(H,26,27). The zero-order chi connectivity index (χ0) is 22.1. The minimum atomic E-state index is -0.960. The van der Waals surface area contributed by atoms with Crippen molar-refractivity contribution >= 4 is 51.1 Å². The van der Waals surface area contributed by atoms with Crippen LogP contribution in [-0.2, 0) is 4.79 Å². The molecule has 0 unspecified atom stereocenters. The van der Waals surface area contributed by atoms with Gasteiger partial charge in [0.1, 0.15) is 5.69 Å². The minimum Gasteiger partial charge on any atom is -0.481 e. The summed E-state index contributed by atoms with van der Waals surface area (Å²) in [5.74, 6) is -1.36. The molecule has 31 heavy (non-hydrogen) atoms. The summed E-state index contributed by atoms with van der Waals surface area (Å²) in [6.07, 6.45) is 0. The molecule has 11 heteroatoms. The largest absolute Gasteiger partial charge is 0.481 e. The topological polar surface area (TPSA) is 164 Å². The van der Waals surface area contributed by atoms with Gasteiger partial charge in [0.25, 0.3) is 11.6 Å². The number of primary amides is 1. The van der Waals surface area contributed by atoms with E-state index in [4.69, 9.17) is 10.8 Å². The van der Waals surface area contributed by atoms with Gasteiger partial charge in [-0.2, -0.15) is 0 Å². The molecule has 0 aliphatic carbocycles. The first-order valence-corrected chi connectivity index (χ1v) is 9.98. The molecule has 0 spiro atoms. The molecular formula is C20H15N5O5S. The van der Waals surface area contributed by atoms with E-state index in [2.05, 4.69) is 15.0 Å². The Kier molecular flexibility index (Phi) is 5.26. The second-order valence-electron chi connectivity index (χ2n) is 6.70. The number of aromatic nitrogens is 1. The Hall–Kier alpha value is -3.99. The number of hydrogen-bond acceptors (Lipinski definition) is 7. The van der Waals surface area contributed by atoms with E-state index in [0.717, 1.165) is 17.1 Å². The first-order valence-electron chi connectivity index (χ1n) is 8.99. The van der Waals surface area contributed by atoms with E-state index in [1.165, 1.54) is 12.1 Å². The van der Waals surface area contributed by atoms with Gasteiger partial charge in [0.2, 0.25) is 0 Å². The van der Waals surface area contributed by atoms with Crippen LogP contribution in [0.15, 0.2) is 52.4 Å². The summed E-state index contributed by atoms with van der Waals surface area (Å²) in [4.78, 5) is 44.7. The average Bonchev–Trinajstić information content (AvgIpc) is 3.38. The van der Waals surface area contributed by atoms with Crippen molar-refractivity contribution in [1.29, 1.82) is 0 Å². The minimum absolute atomic E-state index is 0.121. The second-order valence-corrected chi connectivity index (χ2v) is 7.75. The predicted octanol–water partition coefficient (Wildman–Crippen LogP) is 2.82. The number of hydrogen-bond donors (Lipinski definition) is 3. The molecule has 0 fully saturated rings. The van der Waals surface area contributed by atoms with E-state index in [0.29, 0.717) is 33.1 Å². The summed E-state index contributed by atoms with van der Waals surface area (Å²) in [5, 5.41) is 21.6. The number of thioether (sulfide) groups is 1. The molecule has 10 nitrogen and oxygen atoms in total. The number of fused-ring (bicyclic) bond motifs is 1. The van der Waals surface area contributed by atoms with Gasteiger partial charge in [-0.3, -0.25) is 24.7 Å². The van der Waals surface area contributed by atoms with Crippen molar-refractivity contribution in [2.75, 3.05) is 12.3 Å². The van der Waals surface area contributed by atoms with E-state index in [9.17, 15) is 19.7 Å². The fraction of sp³-hybridized carbons (Fsp3) is 0.100. The van der Waals surface area contributed by atoms with Crippen molar-refractivity contribution in [2.24, 2.45) is 15.7 Å². The van der Waals surface area contributed by atoms with Gasteiger partial charge in [-0.15, -0.1) is 0 Å². The lowest BCUT2D eigenvalue weighted by molar-refractivity contribution is -0.384. The van der Waals surface area contributed by atoms with Crippen LogP contribution in [0.3, 0.4) is 0 Å². The number of rotatable bonds is 6. The maximum Gasteiger partial charge on any atom is 0.313 e. The Labute approximate surface area is 179 Å². The number of non-ortho nitro benzene ring substituents is 1. The molecule has 0 bridgehead atoms. The number of nitrogens with two attached hydrogens (primary N) is 1. The maximum atomic E-state index is 11.5. The molecule has 156 valence electrons. The van der Waals surface area contributed by atoms with Gasteiger partial charge in [0, 0.05) is 28.6 Å². The van der Waals surface area contributed by atoms with Crippen LogP contribution < -0.4 is 5.73 Å². The number of carboxylic acids is 1. The summed E-state index contributed by atoms with van der Waals surface area (Å²) in [6, 6.07) is 11.5. The predicted molar refractivity (Wildman–Crippen MR) is 118 cm³/mol. The summed E-state index contributed by atoms with van der Waals surface area (Å²) < 4.78 is 0. The number of amidine groups is 1. The fourth-order valence-corrected chi connectivity index (χ4v) is 3.76. The molecule has 0 saturated carbocycles. The quantitative estimate of drug-likeness (QED) is 0.396. The third-order valence-corrected chi connectivity index (χ3v) is 5.51. The van der Waals surface area contributed by atoms with Gasteiger partial charge >= 0.3 is 5.97 Å². The van der Waals surface area contributed by atoms with E-state index in [-0.39, 0.29) is 23.7 Å². The molecule has 3 aromatic rings. The maximum absolute atomic E-state index is 11.5. The van der Waals surface area contributed by atoms with Crippen LogP contribution in [0.4, 0.5) is 5.69 Å². The molecule has 4 N–H and O–H groups in total. The smallest absolute Gasteiger partial charge is 0.313 e. The van der Waals surface area contributed by atoms with Crippen LogP contribution in [0.5, 0.6) is 0 Å². The fourth-order valence-electron chi connectivity index (χ4n) is 3.17. The lowest BCUT2D eigenvalue weighted by Crippen LogP contribution is -2.10. The van der Waals surface area contributed by atoms with Crippen LogP contribution in [0, 0.1) is 10.1 Å². The van der Waals surface area contributed by atoms with Crippen LogP contribution >= 0.6 is 11.8 Å². The summed E-state index contributed by atoms with van der Waals surface area (Å²) in [7, 11) is 0. The molecule has 0 atom stereocenters. The Morgan fingerprint density at radius 1 is 1.16 bits per heavy atom. The number of aliphatic imine (C=N–C) groups is 2. The molecule has 2 aromatic carbocycles. The highest BCUT2D eigenvalue weighted by molar-refractivity contribution is 8.14. The van der Waals surface area contributed by atoms with Crippen molar-refractivity contribution < 1.29 is 19.6 Å². The van der Waals surface area contributed by atoms with Crippen molar-refractivity contribution in [3.8, 4) is 11.1 Å². The summed E-state index contributed by atoms with van der Waals surface area (Å²) in [5.41, 5.74) is 7.93. The number of aliphatic carboxylic acids is 1. The first-order chi connectivity index (χ1) is 14.8. The lowest BCUT2D eigenvalue weighted by atomic mass is 10.0. The lowest BCUT2D eigenvalue weighted by Gasteiger charge is -2.06. The van der Waals surface area contributed by atoms with E-state index in [1.54, 1.807) is 30.3 Å². The van der Waals surface area contributed by atoms with Gasteiger partial charge in [-0.05, 0) is 35.4 Å². The van der Waals surface area contributed by atoms with Crippen LogP contribution in [0.2, 0.25) is 0 Å². The van der Waals surface area contributed by atoms with Crippen LogP contribution in [-0.4, -0.2) is 50.1 Å². The molecule has 4 rings (SSSR count). The number of aromatic amines is 1. The molecule has 2 heterocycles. The van der Waals surface area contributed by atoms with Crippen molar-refractivity contribution in [2.45, 2.75) is 0 Å². The summed E-state index contributed by atoms with van der Waals surface area (Å²) >= 11 is 1.07. The Morgan fingerprint density at radius 3 is 2.65 bits per heavy atom. The van der Waals surface area contributed by atoms with Crippen molar-refractivity contribution in [3.63, 3.8) is 0 Å². The van der Waals surface area contributed by atoms with Crippen molar-refractivity contribution in [3.05, 3.63) is 63.8 Å². The highest BCUT2D eigenvalue weighted by atomic mass is 32.2. The third-order valence-electron chi connectivity index (χ3n) is 4.56. The van der Waals surface area contributed by atoms with E-state index < -0.39 is 16.8 Å². The Morgan fingerprint density at radius 2 is 1.94 bits per heavy atom. The number of nitrogens with one attached hydrogen (secondary N) is 1. The number of nitro groups is 1. The monoisotopic (exact) mass is 437 g/mol. The van der Waals surface area contributed by atoms with Gasteiger partial charge in [-0.25, -0.2) is 4.99 Å². The molecule has 1 aromatic heterocycles. The highest BCUT2D eigenvalue weighted by Crippen LogP contribution is 2.30. The summed E-state index contributed by atoms with van der Waals surface area (Å²) in [6.45, 7) is 0.233. The van der Waals surface area contributed by atoms with Gasteiger partial charge in [0.05, 0.1) is 22.3 Å². The normalized spacial score (nSPS) is 13.2. The van der Waals surface area contributed by atoms with E-state index in [1.807, 2.05) is 0 Å². The number of carboxylic acid groups (broad SMARTS) is 1. The Balaban J connectivity index is 1.73. The van der Waals surface area contributed by atoms with E-state index >= 15 is 0 Å². The number of carbonyl (C=O) groups excluding carboxylic acids is 1. The number of nitro benzene ring substituents is 1. The molecule has 1 aliphatic rings. The van der Waals surface area contributed by atoms with Crippen LogP contribution in [0.1, 0.15) is 16.1 Å². The SMILES string of the molecule is NC(=O)c1cc2cc(-c3cc(C4=NCC(SCC(=O)O)=N4)cc([N+](=O)[O-])c3)ccc2[nH]1. The number of benzene rings is 2. The zero-order valence-electron chi connectivity index (χ0n) is 15.9. The first kappa shape index (κ1) is 20.3. The van der Waals surface area contributed by atoms with Crippen LogP contribution in [0.25, 0.3) is 22.0 Å². The number of amides is 1. The second kappa shape index (κ2) is 8.03. The molecule has 0 radical (unpaired) electrons. The van der Waals surface area contributed by atoms with Crippen molar-refractivity contribution in [1.82, 2.24) is 4.98 Å². The zero-order valence-corrected chi connectivity index (χ0v) is 16.7. The number of nitrogens with zero attached hydrogens (tertiary/aromatic N) is 3. The van der Waals surface area contributed by atoms with Gasteiger partial charge < -0.3 is 15.8 Å². The highest BCUT2D eigenvalue weighted by Gasteiger charge is 2.19. The molecule has 1 amide bonds. The molecule has 0 saturated heterocycles. The molecule has 1 aliphatic heterocycles. The number of H-pyrrole nitrogens is 1. The Bertz CT molecular complexity index is 1310. The van der Waals surface area contributed by atoms with Gasteiger partial charge in [-0.1, -0.05) is 17.8 Å².